The number of piperidine rings is 1. The Balaban J connectivity index is 1.25. The molecule has 1 aromatic heterocycles. The molecule has 1 unspecified atom stereocenters. The maximum Gasteiger partial charge on any atom is 0.434 e. The quantitative estimate of drug-likeness (QED) is 0.460. The van der Waals surface area contributed by atoms with E-state index in [1.54, 1.807) is 12.2 Å². The number of aromatic amines is 1. The van der Waals surface area contributed by atoms with Crippen LogP contribution in [-0.4, -0.2) is 44.8 Å². The normalized spacial score (nSPS) is 18.1. The SMILES string of the molecule is O=C(NCc1[nH]c(=O)n(OC(=O)N2CCC(CCc3ccc(Cl)cc3)CC2)c1O)C1C=CC(Br)=CC1. The maximum atomic E-state index is 12.6. The van der Waals surface area contributed by atoms with Crippen LogP contribution < -0.4 is 15.8 Å². The number of H-pyrrole nitrogens is 1. The van der Waals surface area contributed by atoms with Gasteiger partial charge in [0.25, 0.3) is 5.88 Å². The molecule has 0 spiro atoms. The summed E-state index contributed by atoms with van der Waals surface area (Å²) in [4.78, 5) is 46.4. The number of aromatic hydroxyl groups is 1. The summed E-state index contributed by atoms with van der Waals surface area (Å²) in [6.45, 7) is 0.900. The summed E-state index contributed by atoms with van der Waals surface area (Å²) in [6, 6.07) is 7.83. The Morgan fingerprint density at radius 1 is 1.22 bits per heavy atom. The van der Waals surface area contributed by atoms with Gasteiger partial charge in [0.1, 0.15) is 5.69 Å². The van der Waals surface area contributed by atoms with Crippen LogP contribution in [0.2, 0.25) is 5.02 Å². The third-order valence-electron chi connectivity index (χ3n) is 6.53. The van der Waals surface area contributed by atoms with E-state index >= 15 is 0 Å². The number of nitrogens with zero attached hydrogens (tertiary/aromatic N) is 2. The molecule has 0 saturated carbocycles. The van der Waals surface area contributed by atoms with Crippen LogP contribution in [0.3, 0.4) is 0 Å². The van der Waals surface area contributed by atoms with E-state index in [1.807, 2.05) is 30.3 Å². The lowest BCUT2D eigenvalue weighted by Gasteiger charge is -2.31. The van der Waals surface area contributed by atoms with E-state index in [0.29, 0.717) is 30.2 Å². The molecule has 1 atom stereocenters. The van der Waals surface area contributed by atoms with Crippen LogP contribution >= 0.6 is 27.5 Å². The summed E-state index contributed by atoms with van der Waals surface area (Å²) in [6.07, 6.45) is 8.92. The monoisotopic (exact) mass is 578 g/mol. The highest BCUT2D eigenvalue weighted by Gasteiger charge is 2.26. The second-order valence-electron chi connectivity index (χ2n) is 8.99. The van der Waals surface area contributed by atoms with Crippen molar-refractivity contribution in [3.63, 3.8) is 0 Å². The maximum absolute atomic E-state index is 12.6. The Labute approximate surface area is 221 Å². The number of carbonyl (C=O) groups excluding carboxylic acids is 2. The van der Waals surface area contributed by atoms with Gasteiger partial charge in [-0.15, -0.1) is 0 Å². The summed E-state index contributed by atoms with van der Waals surface area (Å²) in [7, 11) is 0. The van der Waals surface area contributed by atoms with Crippen molar-refractivity contribution >= 4 is 39.5 Å². The van der Waals surface area contributed by atoms with Crippen LogP contribution in [0.15, 0.2) is 51.8 Å². The van der Waals surface area contributed by atoms with Crippen molar-refractivity contribution in [3.05, 3.63) is 73.7 Å². The number of hydrogen-bond acceptors (Lipinski definition) is 5. The first kappa shape index (κ1) is 26.1. The van der Waals surface area contributed by atoms with Gasteiger partial charge in [0.2, 0.25) is 5.91 Å². The number of allylic oxidation sites excluding steroid dienone is 3. The smallest absolute Gasteiger partial charge is 0.434 e. The van der Waals surface area contributed by atoms with Gasteiger partial charge < -0.3 is 25.1 Å². The van der Waals surface area contributed by atoms with Gasteiger partial charge in [-0.25, -0.2) is 9.59 Å². The van der Waals surface area contributed by atoms with E-state index in [9.17, 15) is 19.5 Å². The molecule has 4 rings (SSSR count). The Bertz CT molecular complexity index is 1210. The van der Waals surface area contributed by atoms with Gasteiger partial charge in [-0.2, -0.15) is 0 Å². The minimum Gasteiger partial charge on any atom is -0.491 e. The number of halogens is 2. The number of nitrogens with one attached hydrogen (secondary N) is 2. The number of rotatable bonds is 7. The van der Waals surface area contributed by atoms with Crippen molar-refractivity contribution in [2.75, 3.05) is 13.1 Å². The molecule has 36 heavy (non-hydrogen) atoms. The standard InChI is InChI=1S/C25H28BrClN4O5/c26-19-7-5-18(6-8-19)22(32)28-15-21-23(33)31(24(34)29-21)36-25(35)30-13-11-17(12-14-30)2-1-16-3-9-20(27)10-4-16/h3-5,7-10,17-18,33H,1-2,6,11-15H2,(H,28,32)(H,29,34). The minimum absolute atomic E-state index is 0.0542. The minimum atomic E-state index is -0.799. The summed E-state index contributed by atoms with van der Waals surface area (Å²) < 4.78 is 1.44. The summed E-state index contributed by atoms with van der Waals surface area (Å²) in [5, 5.41) is 13.8. The van der Waals surface area contributed by atoms with Gasteiger partial charge in [-0.05, 0) is 55.7 Å². The van der Waals surface area contributed by atoms with Gasteiger partial charge in [0, 0.05) is 22.6 Å². The zero-order valence-corrected chi connectivity index (χ0v) is 21.9. The van der Waals surface area contributed by atoms with Crippen molar-refractivity contribution in [1.29, 1.82) is 0 Å². The number of hydrogen-bond donors (Lipinski definition) is 3. The van der Waals surface area contributed by atoms with Crippen LogP contribution in [-0.2, 0) is 17.8 Å². The molecule has 1 saturated heterocycles. The van der Waals surface area contributed by atoms with Gasteiger partial charge in [0.05, 0.1) is 12.5 Å². The average Bonchev–Trinajstić information content (AvgIpc) is 3.15. The molecule has 192 valence electrons. The summed E-state index contributed by atoms with van der Waals surface area (Å²) in [5.74, 6) is -0.645. The fraction of sp³-hybridized carbons (Fsp3) is 0.400. The fourth-order valence-corrected chi connectivity index (χ4v) is 4.79. The van der Waals surface area contributed by atoms with Gasteiger partial charge >= 0.3 is 11.8 Å². The van der Waals surface area contributed by atoms with Crippen LogP contribution in [0.5, 0.6) is 5.88 Å². The highest BCUT2D eigenvalue weighted by molar-refractivity contribution is 9.11. The molecule has 1 aliphatic carbocycles. The molecule has 0 bridgehead atoms. The molecule has 1 fully saturated rings. The number of aryl methyl sites for hydroxylation is 1. The Hall–Kier alpha value is -2.98. The first-order valence-corrected chi connectivity index (χ1v) is 13.0. The molecule has 2 amide bonds. The molecular weight excluding hydrogens is 552 g/mol. The largest absolute Gasteiger partial charge is 0.491 e. The van der Waals surface area contributed by atoms with Crippen molar-refractivity contribution in [1.82, 2.24) is 19.9 Å². The fourth-order valence-electron chi connectivity index (χ4n) is 4.32. The molecule has 9 nitrogen and oxygen atoms in total. The van der Waals surface area contributed by atoms with Crippen molar-refractivity contribution < 1.29 is 19.5 Å². The molecule has 1 aliphatic heterocycles. The number of imidazole rings is 1. The topological polar surface area (TPSA) is 117 Å². The predicted octanol–water partition coefficient (Wildman–Crippen LogP) is 3.90. The van der Waals surface area contributed by atoms with E-state index in [4.69, 9.17) is 16.4 Å². The highest BCUT2D eigenvalue weighted by atomic mass is 79.9. The Morgan fingerprint density at radius 3 is 2.61 bits per heavy atom. The lowest BCUT2D eigenvalue weighted by Crippen LogP contribution is -2.44. The molecule has 3 N–H and O–H groups in total. The van der Waals surface area contributed by atoms with E-state index in [0.717, 1.165) is 35.2 Å². The highest BCUT2D eigenvalue weighted by Crippen LogP contribution is 2.24. The first-order chi connectivity index (χ1) is 17.3. The van der Waals surface area contributed by atoms with E-state index in [1.165, 1.54) is 10.5 Å². The summed E-state index contributed by atoms with van der Waals surface area (Å²) in [5.41, 5.74) is 0.488. The lowest BCUT2D eigenvalue weighted by atomic mass is 9.91. The second kappa shape index (κ2) is 11.8. The lowest BCUT2D eigenvalue weighted by molar-refractivity contribution is -0.123. The zero-order valence-electron chi connectivity index (χ0n) is 19.6. The molecule has 1 aromatic carbocycles. The van der Waals surface area contributed by atoms with Crippen molar-refractivity contribution in [2.45, 2.75) is 38.6 Å². The number of amides is 2. The molecule has 2 heterocycles. The second-order valence-corrected chi connectivity index (χ2v) is 10.3. The third-order valence-corrected chi connectivity index (χ3v) is 7.37. The number of benzene rings is 1. The van der Waals surface area contributed by atoms with Gasteiger partial charge in [0.15, 0.2) is 0 Å². The van der Waals surface area contributed by atoms with Crippen LogP contribution in [0.25, 0.3) is 0 Å². The van der Waals surface area contributed by atoms with Crippen LogP contribution in [0.1, 0.15) is 36.9 Å². The van der Waals surface area contributed by atoms with Crippen molar-refractivity contribution in [2.24, 2.45) is 11.8 Å². The number of aromatic nitrogens is 2. The number of likely N-dealkylation sites (tertiary alicyclic amines) is 1. The van der Waals surface area contributed by atoms with E-state index < -0.39 is 17.7 Å². The first-order valence-electron chi connectivity index (χ1n) is 11.9. The number of carbonyl (C=O) groups is 2. The van der Waals surface area contributed by atoms with Gasteiger partial charge in [-0.1, -0.05) is 62.6 Å². The molecule has 2 aliphatic rings. The van der Waals surface area contributed by atoms with E-state index in [2.05, 4.69) is 26.2 Å². The molecule has 11 heteroatoms. The van der Waals surface area contributed by atoms with Crippen LogP contribution in [0.4, 0.5) is 4.79 Å². The van der Waals surface area contributed by atoms with E-state index in [-0.39, 0.29) is 24.1 Å². The predicted molar refractivity (Wildman–Crippen MR) is 139 cm³/mol. The molecule has 0 radical (unpaired) electrons. The van der Waals surface area contributed by atoms with Gasteiger partial charge in [-0.3, -0.25) is 4.79 Å². The van der Waals surface area contributed by atoms with Crippen LogP contribution in [0, 0.1) is 11.8 Å². The Morgan fingerprint density at radius 2 is 1.94 bits per heavy atom. The summed E-state index contributed by atoms with van der Waals surface area (Å²) >= 11 is 9.28. The van der Waals surface area contributed by atoms with Crippen molar-refractivity contribution in [3.8, 4) is 5.88 Å². The Kier molecular flexibility index (Phi) is 8.58. The molecule has 2 aromatic rings. The average molecular weight is 580 g/mol. The molecular formula is C25H28BrClN4O5. The zero-order chi connectivity index (χ0) is 25.7. The third kappa shape index (κ3) is 6.61.